The zero-order valence-electron chi connectivity index (χ0n) is 16.2. The fraction of sp³-hybridized carbons (Fsp3) is 1.00. The van der Waals surface area contributed by atoms with Crippen LogP contribution in [0.5, 0.6) is 0 Å². The third-order valence-electron chi connectivity index (χ3n) is 2.98. The van der Waals surface area contributed by atoms with Crippen molar-refractivity contribution in [3.8, 4) is 0 Å². The minimum absolute atomic E-state index is 0.745. The summed E-state index contributed by atoms with van der Waals surface area (Å²) in [4.78, 5) is 0. The van der Waals surface area contributed by atoms with Gasteiger partial charge in [0.15, 0.2) is 0 Å². The summed E-state index contributed by atoms with van der Waals surface area (Å²) in [6.07, 6.45) is 5.15. The van der Waals surface area contributed by atoms with Crippen molar-refractivity contribution in [3.05, 3.63) is 0 Å². The molecule has 0 aliphatic rings. The van der Waals surface area contributed by atoms with E-state index in [0.717, 1.165) is 23.7 Å². The standard InChI is InChI=1S/2C8H19PS2.Pb/c2*1-7(2)5-9(10,11)6-8(3)4;/h2*7-8H,5-6H2,1-4H3,(H,10,11);/q;;+2/p-2. The molecule has 0 amide bonds. The van der Waals surface area contributed by atoms with E-state index in [1.54, 1.807) is 0 Å². The molecule has 0 aliphatic heterocycles. The van der Waals surface area contributed by atoms with Crippen molar-refractivity contribution in [1.29, 1.82) is 0 Å². The second kappa shape index (κ2) is 12.4. The van der Waals surface area contributed by atoms with E-state index in [4.69, 9.17) is 23.6 Å². The topological polar surface area (TPSA) is 0 Å². The van der Waals surface area contributed by atoms with Crippen LogP contribution in [0.2, 0.25) is 0 Å². The monoisotopic (exact) mass is 626 g/mol. The average Bonchev–Trinajstić information content (AvgIpc) is 2.22. The van der Waals surface area contributed by atoms with Gasteiger partial charge in [-0.25, -0.2) is 0 Å². The molecule has 0 heterocycles. The van der Waals surface area contributed by atoms with Crippen LogP contribution in [-0.2, 0) is 23.6 Å². The molecule has 0 rings (SSSR count). The zero-order chi connectivity index (χ0) is 18.3. The van der Waals surface area contributed by atoms with Gasteiger partial charge in [0, 0.05) is 0 Å². The van der Waals surface area contributed by atoms with Gasteiger partial charge in [0.05, 0.1) is 0 Å². The van der Waals surface area contributed by atoms with Crippen molar-refractivity contribution in [2.45, 2.75) is 55.4 Å². The summed E-state index contributed by atoms with van der Waals surface area (Å²) in [6, 6.07) is 0. The zero-order valence-corrected chi connectivity index (χ0v) is 25.1. The van der Waals surface area contributed by atoms with Gasteiger partial charge in [-0.3, -0.25) is 0 Å². The molecule has 2 radical (unpaired) electrons. The summed E-state index contributed by atoms with van der Waals surface area (Å²) in [5.41, 5.74) is 0. The molecule has 0 unspecified atom stereocenters. The Hall–Kier alpha value is 2.92. The van der Waals surface area contributed by atoms with Gasteiger partial charge in [-0.1, -0.05) is 0 Å². The molecule has 0 aliphatic carbocycles. The Morgan fingerprint density at radius 2 is 0.826 bits per heavy atom. The summed E-state index contributed by atoms with van der Waals surface area (Å²) in [6.45, 7) is 18.7. The molecule has 0 atom stereocenters. The summed E-state index contributed by atoms with van der Waals surface area (Å²) in [5.74, 6) is 2.98. The van der Waals surface area contributed by atoms with Crippen LogP contribution in [0.15, 0.2) is 0 Å². The van der Waals surface area contributed by atoms with E-state index in [-0.39, 0.29) is 0 Å². The molecule has 0 fully saturated rings. The van der Waals surface area contributed by atoms with Crippen molar-refractivity contribution in [2.75, 3.05) is 24.6 Å². The number of hydrogen-bond donors (Lipinski definition) is 0. The second-order valence-corrected chi connectivity index (χ2v) is 43.4. The van der Waals surface area contributed by atoms with Crippen LogP contribution in [0, 0.1) is 23.7 Å². The van der Waals surface area contributed by atoms with E-state index in [1.807, 2.05) is 0 Å². The van der Waals surface area contributed by atoms with E-state index in [0.29, 0.717) is 0 Å². The summed E-state index contributed by atoms with van der Waals surface area (Å²) in [5, 5.41) is -2.40. The van der Waals surface area contributed by atoms with Crippen LogP contribution in [-0.4, -0.2) is 45.9 Å². The Bertz CT molecular complexity index is 356. The molecule has 0 aromatic carbocycles. The predicted octanol–water partition coefficient (Wildman–Crippen LogP) is 7.40. The van der Waals surface area contributed by atoms with Gasteiger partial charge in [0.2, 0.25) is 0 Å². The molecule has 0 aromatic rings. The van der Waals surface area contributed by atoms with Crippen LogP contribution >= 0.6 is 26.3 Å². The normalized spacial score (nSPS) is 13.7. The van der Waals surface area contributed by atoms with Gasteiger partial charge in [-0.05, 0) is 0 Å². The first-order chi connectivity index (χ1) is 10.4. The van der Waals surface area contributed by atoms with E-state index in [1.165, 1.54) is 24.6 Å². The van der Waals surface area contributed by atoms with Gasteiger partial charge in [0.25, 0.3) is 0 Å². The Morgan fingerprint density at radius 1 is 0.609 bits per heavy atom. The summed E-state index contributed by atoms with van der Waals surface area (Å²) >= 11 is 11.6. The summed E-state index contributed by atoms with van der Waals surface area (Å²) in [7, 11) is 4.61. The first-order valence-corrected chi connectivity index (χ1v) is 27.4. The Kier molecular flexibility index (Phi) is 14.0. The van der Waals surface area contributed by atoms with Crippen molar-refractivity contribution in [3.63, 3.8) is 0 Å². The fourth-order valence-corrected chi connectivity index (χ4v) is 84.5. The van der Waals surface area contributed by atoms with Crippen LogP contribution in [0.1, 0.15) is 55.4 Å². The third-order valence-corrected chi connectivity index (χ3v) is 67.0. The maximum atomic E-state index is 6.21. The second-order valence-electron chi connectivity index (χ2n) is 8.20. The van der Waals surface area contributed by atoms with Crippen molar-refractivity contribution in [2.24, 2.45) is 23.7 Å². The molecular weight excluding hydrogens is 590 g/mol. The van der Waals surface area contributed by atoms with Gasteiger partial charge < -0.3 is 0 Å². The molecule has 7 heteroatoms. The molecule has 23 heavy (non-hydrogen) atoms. The molecule has 138 valence electrons. The minimum atomic E-state index is -1.20. The molecule has 0 bridgehead atoms. The van der Waals surface area contributed by atoms with Crippen molar-refractivity contribution in [1.82, 2.24) is 0 Å². The molecule has 0 saturated carbocycles. The van der Waals surface area contributed by atoms with E-state index < -0.39 is 31.7 Å². The first-order valence-electron chi connectivity index (χ1n) is 8.66. The quantitative estimate of drug-likeness (QED) is 0.164. The average molecular weight is 626 g/mol. The van der Waals surface area contributed by atoms with Crippen molar-refractivity contribution >= 4 is 71.2 Å². The van der Waals surface area contributed by atoms with Crippen LogP contribution < -0.4 is 0 Å². The Morgan fingerprint density at radius 3 is 1.00 bits per heavy atom. The van der Waals surface area contributed by atoms with Crippen LogP contribution in [0.25, 0.3) is 0 Å². The molecule has 0 aromatic heterocycles. The number of hydrogen-bond acceptors (Lipinski definition) is 4. The Labute approximate surface area is 173 Å². The van der Waals surface area contributed by atoms with E-state index in [2.05, 4.69) is 71.3 Å². The summed E-state index contributed by atoms with van der Waals surface area (Å²) < 4.78 is 0. The van der Waals surface area contributed by atoms with Crippen molar-refractivity contribution < 1.29 is 0 Å². The Balaban J connectivity index is 4.80. The van der Waals surface area contributed by atoms with Gasteiger partial charge in [-0.2, -0.15) is 0 Å². The third kappa shape index (κ3) is 13.7. The molecule has 0 spiro atoms. The maximum absolute atomic E-state index is 6.21. The van der Waals surface area contributed by atoms with Gasteiger partial charge in [-0.15, -0.1) is 0 Å². The molecule has 0 N–H and O–H groups in total. The van der Waals surface area contributed by atoms with Gasteiger partial charge >= 0.3 is 175 Å². The van der Waals surface area contributed by atoms with Crippen LogP contribution in [0.4, 0.5) is 0 Å². The number of rotatable bonds is 12. The van der Waals surface area contributed by atoms with Crippen LogP contribution in [0.3, 0.4) is 0 Å². The van der Waals surface area contributed by atoms with E-state index >= 15 is 0 Å². The fourth-order valence-electron chi connectivity index (χ4n) is 2.68. The molecular formula is C16H36P2PbS4. The SMILES string of the molecule is CC(C)CP(=S)(CC(C)C)[S][Pb][S]P(=S)(CC(C)C)CC(C)C. The van der Waals surface area contributed by atoms with Gasteiger partial charge in [0.1, 0.15) is 0 Å². The molecule has 0 nitrogen and oxygen atoms in total. The molecule has 0 saturated heterocycles. The predicted molar refractivity (Wildman–Crippen MR) is 128 cm³/mol. The first kappa shape index (κ1) is 25.9. The van der Waals surface area contributed by atoms with E-state index in [9.17, 15) is 0 Å².